The van der Waals surface area contributed by atoms with Gasteiger partial charge in [-0.25, -0.2) is 4.68 Å². The van der Waals surface area contributed by atoms with E-state index in [1.54, 1.807) is 24.3 Å². The molecule has 2 aromatic carbocycles. The Morgan fingerprint density at radius 3 is 2.48 bits per heavy atom. The van der Waals surface area contributed by atoms with Crippen molar-refractivity contribution in [3.05, 3.63) is 71.5 Å². The van der Waals surface area contributed by atoms with E-state index >= 15 is 0 Å². The number of anilines is 1. The van der Waals surface area contributed by atoms with Gasteiger partial charge in [0.2, 0.25) is 0 Å². The molecule has 9 heteroatoms. The van der Waals surface area contributed by atoms with E-state index in [2.05, 4.69) is 10.4 Å². The maximum atomic E-state index is 13.0. The molecule has 0 saturated carbocycles. The quantitative estimate of drug-likeness (QED) is 0.643. The highest BCUT2D eigenvalue weighted by Crippen LogP contribution is 2.31. The van der Waals surface area contributed by atoms with E-state index in [0.29, 0.717) is 11.3 Å². The van der Waals surface area contributed by atoms with Crippen LogP contribution in [0.3, 0.4) is 0 Å². The third kappa shape index (κ3) is 4.29. The normalized spacial score (nSPS) is 11.2. The number of aromatic nitrogens is 2. The summed E-state index contributed by atoms with van der Waals surface area (Å²) >= 11 is 0. The maximum absolute atomic E-state index is 13.0. The maximum Gasteiger partial charge on any atom is 0.416 e. The highest BCUT2D eigenvalue weighted by atomic mass is 19.4. The van der Waals surface area contributed by atoms with Crippen LogP contribution in [-0.4, -0.2) is 28.6 Å². The number of hydrogen-bond donors (Lipinski definition) is 1. The molecule has 0 radical (unpaired) electrons. The molecule has 29 heavy (non-hydrogen) atoms. The lowest BCUT2D eigenvalue weighted by molar-refractivity contribution is -0.137. The fourth-order valence-electron chi connectivity index (χ4n) is 2.70. The van der Waals surface area contributed by atoms with Gasteiger partial charge in [0.05, 0.1) is 30.2 Å². The first-order valence-corrected chi connectivity index (χ1v) is 8.43. The second-order valence-corrected chi connectivity index (χ2v) is 6.09. The fourth-order valence-corrected chi connectivity index (χ4v) is 2.70. The largest absolute Gasteiger partial charge is 0.493 e. The van der Waals surface area contributed by atoms with E-state index < -0.39 is 17.6 Å². The Hall–Kier alpha value is -3.62. The van der Waals surface area contributed by atoms with E-state index in [-0.39, 0.29) is 22.9 Å². The number of halogens is 3. The zero-order chi connectivity index (χ0) is 21.2. The summed E-state index contributed by atoms with van der Waals surface area (Å²) in [6, 6.07) is 11.0. The number of alkyl halides is 3. The lowest BCUT2D eigenvalue weighted by Gasteiger charge is -2.09. The van der Waals surface area contributed by atoms with Gasteiger partial charge in [0.25, 0.3) is 5.91 Å². The second kappa shape index (κ2) is 7.78. The van der Waals surface area contributed by atoms with Crippen LogP contribution in [0.4, 0.5) is 18.9 Å². The fraction of sp³-hybridized carbons (Fsp3) is 0.150. The van der Waals surface area contributed by atoms with Crippen LogP contribution in [0.25, 0.3) is 5.69 Å². The van der Waals surface area contributed by atoms with Gasteiger partial charge >= 0.3 is 6.18 Å². The summed E-state index contributed by atoms with van der Waals surface area (Å²) in [6.45, 7) is 1.37. The van der Waals surface area contributed by atoms with E-state index in [0.717, 1.165) is 16.8 Å². The molecule has 0 spiro atoms. The zero-order valence-corrected chi connectivity index (χ0v) is 15.4. The minimum absolute atomic E-state index is 0.0696. The Kier molecular flexibility index (Phi) is 5.40. The third-order valence-electron chi connectivity index (χ3n) is 4.11. The molecule has 0 aliphatic heterocycles. The van der Waals surface area contributed by atoms with E-state index in [4.69, 9.17) is 4.74 Å². The number of nitrogens with one attached hydrogen (secondary N) is 1. The predicted molar refractivity (Wildman–Crippen MR) is 99.5 cm³/mol. The van der Waals surface area contributed by atoms with Crippen LogP contribution in [0.15, 0.2) is 54.7 Å². The van der Waals surface area contributed by atoms with E-state index in [1.807, 2.05) is 0 Å². The average molecular weight is 403 g/mol. The van der Waals surface area contributed by atoms with E-state index in [1.165, 1.54) is 32.4 Å². The smallest absolute Gasteiger partial charge is 0.416 e. The SMILES string of the molecule is COc1cn(-c2cccc(C(F)(F)F)c2)nc1C(=O)Nc1ccccc1C(C)=O. The molecule has 1 amide bonds. The van der Waals surface area contributed by atoms with Crippen LogP contribution < -0.4 is 10.1 Å². The minimum Gasteiger partial charge on any atom is -0.493 e. The average Bonchev–Trinajstić information content (AvgIpc) is 3.12. The van der Waals surface area contributed by atoms with Gasteiger partial charge in [-0.2, -0.15) is 18.3 Å². The standard InChI is InChI=1S/C20H16F3N3O3/c1-12(27)15-8-3-4-9-16(15)24-19(28)18-17(29-2)11-26(25-18)14-7-5-6-13(10-14)20(21,22)23/h3-11H,1-2H3,(H,24,28). The molecule has 1 N–H and O–H groups in total. The predicted octanol–water partition coefficient (Wildman–Crippen LogP) is 4.35. The van der Waals surface area contributed by atoms with Gasteiger partial charge in [0.1, 0.15) is 0 Å². The number of nitrogens with zero attached hydrogens (tertiary/aromatic N) is 2. The molecule has 0 aliphatic rings. The molecule has 3 rings (SSSR count). The molecular formula is C20H16F3N3O3. The molecule has 1 aromatic heterocycles. The van der Waals surface area contributed by atoms with Crippen molar-refractivity contribution in [3.8, 4) is 11.4 Å². The third-order valence-corrected chi connectivity index (χ3v) is 4.11. The first-order valence-electron chi connectivity index (χ1n) is 8.43. The summed E-state index contributed by atoms with van der Waals surface area (Å²) in [5.41, 5.74) is -0.256. The van der Waals surface area contributed by atoms with Crippen LogP contribution in [0.2, 0.25) is 0 Å². The first-order chi connectivity index (χ1) is 13.7. The number of Topliss-reactive ketones (excluding diaryl/α,β-unsaturated/α-hetero) is 1. The van der Waals surface area contributed by atoms with Gasteiger partial charge in [0, 0.05) is 5.56 Å². The van der Waals surface area contributed by atoms with Crippen molar-refractivity contribution in [1.82, 2.24) is 9.78 Å². The first kappa shape index (κ1) is 20.1. The van der Waals surface area contributed by atoms with Gasteiger partial charge in [-0.05, 0) is 37.3 Å². The number of ether oxygens (including phenoxy) is 1. The number of methoxy groups -OCH3 is 1. The van der Waals surface area contributed by atoms with Gasteiger partial charge in [-0.15, -0.1) is 0 Å². The van der Waals surface area contributed by atoms with Crippen molar-refractivity contribution in [1.29, 1.82) is 0 Å². The number of para-hydroxylation sites is 1. The molecular weight excluding hydrogens is 387 g/mol. The number of carbonyl (C=O) groups excluding carboxylic acids is 2. The van der Waals surface area contributed by atoms with Crippen LogP contribution in [0, 0.1) is 0 Å². The molecule has 0 aliphatic carbocycles. The summed E-state index contributed by atoms with van der Waals surface area (Å²) in [7, 11) is 1.31. The number of amides is 1. The molecule has 3 aromatic rings. The zero-order valence-electron chi connectivity index (χ0n) is 15.4. The number of ketones is 1. The van der Waals surface area contributed by atoms with Gasteiger partial charge in [0.15, 0.2) is 17.2 Å². The van der Waals surface area contributed by atoms with Gasteiger partial charge in [-0.1, -0.05) is 18.2 Å². The molecule has 6 nitrogen and oxygen atoms in total. The second-order valence-electron chi connectivity index (χ2n) is 6.09. The van der Waals surface area contributed by atoms with Crippen LogP contribution in [0.5, 0.6) is 5.75 Å². The monoisotopic (exact) mass is 403 g/mol. The molecule has 0 atom stereocenters. The molecule has 0 fully saturated rings. The lowest BCUT2D eigenvalue weighted by Crippen LogP contribution is -2.16. The van der Waals surface area contributed by atoms with Crippen molar-refractivity contribution in [2.45, 2.75) is 13.1 Å². The summed E-state index contributed by atoms with van der Waals surface area (Å²) in [4.78, 5) is 24.4. The Morgan fingerprint density at radius 2 is 1.83 bits per heavy atom. The van der Waals surface area contributed by atoms with Gasteiger partial charge in [-0.3, -0.25) is 9.59 Å². The topological polar surface area (TPSA) is 73.2 Å². The molecule has 0 bridgehead atoms. The summed E-state index contributed by atoms with van der Waals surface area (Å²) in [5.74, 6) is -0.830. The molecule has 150 valence electrons. The van der Waals surface area contributed by atoms with Crippen molar-refractivity contribution in [2.75, 3.05) is 12.4 Å². The van der Waals surface area contributed by atoms with Crippen LogP contribution in [0.1, 0.15) is 33.3 Å². The number of rotatable bonds is 5. The van der Waals surface area contributed by atoms with Crippen molar-refractivity contribution in [2.24, 2.45) is 0 Å². The van der Waals surface area contributed by atoms with Crippen LogP contribution >= 0.6 is 0 Å². The minimum atomic E-state index is -4.51. The van der Waals surface area contributed by atoms with Crippen molar-refractivity contribution >= 4 is 17.4 Å². The summed E-state index contributed by atoms with van der Waals surface area (Å²) < 4.78 is 45.2. The van der Waals surface area contributed by atoms with Crippen molar-refractivity contribution < 1.29 is 27.5 Å². The Balaban J connectivity index is 1.95. The summed E-state index contributed by atoms with van der Waals surface area (Å²) in [5, 5.41) is 6.66. The van der Waals surface area contributed by atoms with Crippen LogP contribution in [-0.2, 0) is 6.18 Å². The lowest BCUT2D eigenvalue weighted by atomic mass is 10.1. The molecule has 0 saturated heterocycles. The number of benzene rings is 2. The van der Waals surface area contributed by atoms with E-state index in [9.17, 15) is 22.8 Å². The molecule has 0 unspecified atom stereocenters. The highest BCUT2D eigenvalue weighted by Gasteiger charge is 2.30. The Labute approximate surface area is 163 Å². The summed E-state index contributed by atoms with van der Waals surface area (Å²) in [6.07, 6.45) is -3.20. The number of carbonyl (C=O) groups is 2. The Morgan fingerprint density at radius 1 is 1.10 bits per heavy atom. The molecule has 1 heterocycles. The van der Waals surface area contributed by atoms with Gasteiger partial charge < -0.3 is 10.1 Å². The van der Waals surface area contributed by atoms with Crippen molar-refractivity contribution in [3.63, 3.8) is 0 Å². The highest BCUT2D eigenvalue weighted by molar-refractivity contribution is 6.09. The Bertz CT molecular complexity index is 1070. The number of hydrogen-bond acceptors (Lipinski definition) is 4.